The molecular formula is C12H15N3O. The Labute approximate surface area is 94.3 Å². The number of aromatic nitrogens is 2. The average molecular weight is 217 g/mol. The summed E-state index contributed by atoms with van der Waals surface area (Å²) in [4.78, 5) is 11.1. The molecule has 0 atom stereocenters. The van der Waals surface area contributed by atoms with Gasteiger partial charge in [-0.3, -0.25) is 9.48 Å². The number of benzene rings is 1. The highest BCUT2D eigenvalue weighted by Crippen LogP contribution is 2.22. The molecule has 0 unspecified atom stereocenters. The lowest BCUT2D eigenvalue weighted by Gasteiger charge is -2.03. The standard InChI is InChI=1S/C12H15N3O/c1-8(2)15-7-10-5-4-6-11(12(10)14-15)13-9(3)16/h4-8H,1-3H3,(H,13,16). The number of carbonyl (C=O) groups excluding carboxylic acids is 1. The molecule has 1 aromatic heterocycles. The van der Waals surface area contributed by atoms with E-state index in [2.05, 4.69) is 24.3 Å². The fourth-order valence-corrected chi connectivity index (χ4v) is 1.62. The lowest BCUT2D eigenvalue weighted by atomic mass is 10.2. The lowest BCUT2D eigenvalue weighted by Crippen LogP contribution is -2.06. The monoisotopic (exact) mass is 217 g/mol. The molecule has 1 heterocycles. The molecule has 1 amide bonds. The van der Waals surface area contributed by atoms with E-state index in [0.29, 0.717) is 6.04 Å². The van der Waals surface area contributed by atoms with Gasteiger partial charge >= 0.3 is 0 Å². The molecule has 0 fully saturated rings. The quantitative estimate of drug-likeness (QED) is 0.840. The van der Waals surface area contributed by atoms with Crippen LogP contribution in [0.25, 0.3) is 10.9 Å². The highest BCUT2D eigenvalue weighted by atomic mass is 16.1. The van der Waals surface area contributed by atoms with Crippen LogP contribution < -0.4 is 5.32 Å². The fraction of sp³-hybridized carbons (Fsp3) is 0.333. The summed E-state index contributed by atoms with van der Waals surface area (Å²) in [7, 11) is 0. The van der Waals surface area contributed by atoms with Crippen molar-refractivity contribution in [2.75, 3.05) is 5.32 Å². The second-order valence-corrected chi connectivity index (χ2v) is 4.13. The summed E-state index contributed by atoms with van der Waals surface area (Å²) < 4.78 is 1.90. The maximum absolute atomic E-state index is 11.1. The zero-order valence-corrected chi connectivity index (χ0v) is 9.69. The van der Waals surface area contributed by atoms with E-state index in [0.717, 1.165) is 16.6 Å². The Hall–Kier alpha value is -1.84. The first-order valence-corrected chi connectivity index (χ1v) is 5.33. The molecule has 0 spiro atoms. The number of carbonyl (C=O) groups is 1. The minimum absolute atomic E-state index is 0.0772. The summed E-state index contributed by atoms with van der Waals surface area (Å²) in [6.45, 7) is 5.65. The van der Waals surface area contributed by atoms with Gasteiger partial charge in [-0.1, -0.05) is 12.1 Å². The van der Waals surface area contributed by atoms with E-state index < -0.39 is 0 Å². The molecule has 0 saturated carbocycles. The van der Waals surface area contributed by atoms with E-state index in [1.807, 2.05) is 29.1 Å². The van der Waals surface area contributed by atoms with Crippen molar-refractivity contribution in [3.63, 3.8) is 0 Å². The zero-order chi connectivity index (χ0) is 11.7. The average Bonchev–Trinajstić information content (AvgIpc) is 2.61. The third-order valence-corrected chi connectivity index (χ3v) is 2.39. The Morgan fingerprint density at radius 2 is 2.19 bits per heavy atom. The molecule has 0 aliphatic heterocycles. The normalized spacial score (nSPS) is 11.0. The summed E-state index contributed by atoms with van der Waals surface area (Å²) >= 11 is 0. The summed E-state index contributed by atoms with van der Waals surface area (Å²) in [5, 5.41) is 8.29. The summed E-state index contributed by atoms with van der Waals surface area (Å²) in [5.74, 6) is -0.0772. The molecule has 4 nitrogen and oxygen atoms in total. The van der Waals surface area contributed by atoms with Crippen molar-refractivity contribution in [2.24, 2.45) is 0 Å². The van der Waals surface area contributed by atoms with Gasteiger partial charge in [-0.2, -0.15) is 5.10 Å². The van der Waals surface area contributed by atoms with Gasteiger partial charge in [-0.05, 0) is 19.9 Å². The maximum atomic E-state index is 11.1. The Bertz CT molecular complexity index is 528. The molecule has 1 aromatic carbocycles. The SMILES string of the molecule is CC(=O)Nc1cccc2cn(C(C)C)nc12. The molecule has 0 aliphatic rings. The highest BCUT2D eigenvalue weighted by Gasteiger charge is 2.08. The van der Waals surface area contributed by atoms with E-state index >= 15 is 0 Å². The van der Waals surface area contributed by atoms with Crippen molar-refractivity contribution < 1.29 is 4.79 Å². The van der Waals surface area contributed by atoms with Crippen LogP contribution in [0.1, 0.15) is 26.8 Å². The van der Waals surface area contributed by atoms with E-state index in [1.54, 1.807) is 0 Å². The molecule has 2 aromatic rings. The third-order valence-electron chi connectivity index (χ3n) is 2.39. The fourth-order valence-electron chi connectivity index (χ4n) is 1.62. The predicted octanol–water partition coefficient (Wildman–Crippen LogP) is 2.58. The third kappa shape index (κ3) is 1.91. The van der Waals surface area contributed by atoms with E-state index in [1.165, 1.54) is 6.92 Å². The molecular weight excluding hydrogens is 202 g/mol. The van der Waals surface area contributed by atoms with Gasteiger partial charge in [-0.15, -0.1) is 0 Å². The Morgan fingerprint density at radius 3 is 2.81 bits per heavy atom. The first kappa shape index (κ1) is 10.7. The van der Waals surface area contributed by atoms with Gasteiger partial charge in [0.2, 0.25) is 5.91 Å². The first-order valence-electron chi connectivity index (χ1n) is 5.33. The molecule has 4 heteroatoms. The van der Waals surface area contributed by atoms with Crippen molar-refractivity contribution in [2.45, 2.75) is 26.8 Å². The van der Waals surface area contributed by atoms with Gasteiger partial charge in [0.1, 0.15) is 5.52 Å². The zero-order valence-electron chi connectivity index (χ0n) is 9.69. The molecule has 84 valence electrons. The number of rotatable bonds is 2. The highest BCUT2D eigenvalue weighted by molar-refractivity contribution is 5.99. The van der Waals surface area contributed by atoms with Crippen LogP contribution in [0.15, 0.2) is 24.4 Å². The van der Waals surface area contributed by atoms with E-state index in [4.69, 9.17) is 0 Å². The van der Waals surface area contributed by atoms with Crippen LogP contribution in [0.3, 0.4) is 0 Å². The van der Waals surface area contributed by atoms with Crippen LogP contribution in [0.5, 0.6) is 0 Å². The van der Waals surface area contributed by atoms with Crippen molar-refractivity contribution in [3.05, 3.63) is 24.4 Å². The summed E-state index contributed by atoms with van der Waals surface area (Å²) in [5.41, 5.74) is 1.61. The molecule has 0 saturated heterocycles. The van der Waals surface area contributed by atoms with Crippen LogP contribution in [0, 0.1) is 0 Å². The molecule has 2 rings (SSSR count). The largest absolute Gasteiger partial charge is 0.324 e. The van der Waals surface area contributed by atoms with Crippen LogP contribution >= 0.6 is 0 Å². The van der Waals surface area contributed by atoms with Gasteiger partial charge in [0.05, 0.1) is 5.69 Å². The van der Waals surface area contributed by atoms with Gasteiger partial charge in [0, 0.05) is 24.5 Å². The number of hydrogen-bond donors (Lipinski definition) is 1. The van der Waals surface area contributed by atoms with E-state index in [-0.39, 0.29) is 5.91 Å². The number of fused-ring (bicyclic) bond motifs is 1. The van der Waals surface area contributed by atoms with E-state index in [9.17, 15) is 4.79 Å². The minimum Gasteiger partial charge on any atom is -0.324 e. The maximum Gasteiger partial charge on any atom is 0.221 e. The molecule has 0 radical (unpaired) electrons. The topological polar surface area (TPSA) is 46.9 Å². The Kier molecular flexibility index (Phi) is 2.64. The Morgan fingerprint density at radius 1 is 1.44 bits per heavy atom. The predicted molar refractivity (Wildman–Crippen MR) is 64.4 cm³/mol. The molecule has 16 heavy (non-hydrogen) atoms. The van der Waals surface area contributed by atoms with Crippen LogP contribution in [-0.4, -0.2) is 15.7 Å². The Balaban J connectivity index is 2.54. The van der Waals surface area contributed by atoms with Gasteiger partial charge in [0.25, 0.3) is 0 Å². The van der Waals surface area contributed by atoms with Crippen LogP contribution in [-0.2, 0) is 4.79 Å². The van der Waals surface area contributed by atoms with Crippen molar-refractivity contribution in [3.8, 4) is 0 Å². The van der Waals surface area contributed by atoms with Gasteiger partial charge in [-0.25, -0.2) is 0 Å². The second-order valence-electron chi connectivity index (χ2n) is 4.13. The summed E-state index contributed by atoms with van der Waals surface area (Å²) in [6, 6.07) is 6.09. The van der Waals surface area contributed by atoms with Crippen molar-refractivity contribution in [1.29, 1.82) is 0 Å². The second kappa shape index (κ2) is 3.96. The minimum atomic E-state index is -0.0772. The smallest absolute Gasteiger partial charge is 0.221 e. The summed E-state index contributed by atoms with van der Waals surface area (Å²) in [6.07, 6.45) is 1.99. The number of amides is 1. The lowest BCUT2D eigenvalue weighted by molar-refractivity contribution is -0.114. The number of nitrogens with one attached hydrogen (secondary N) is 1. The van der Waals surface area contributed by atoms with Crippen molar-refractivity contribution >= 4 is 22.5 Å². The number of anilines is 1. The van der Waals surface area contributed by atoms with Gasteiger partial charge in [0.15, 0.2) is 0 Å². The van der Waals surface area contributed by atoms with Gasteiger partial charge < -0.3 is 5.32 Å². The van der Waals surface area contributed by atoms with Crippen molar-refractivity contribution in [1.82, 2.24) is 9.78 Å². The number of hydrogen-bond acceptors (Lipinski definition) is 2. The molecule has 0 bridgehead atoms. The number of nitrogens with zero attached hydrogens (tertiary/aromatic N) is 2. The molecule has 1 N–H and O–H groups in total. The first-order chi connectivity index (χ1) is 7.58. The van der Waals surface area contributed by atoms with Crippen LogP contribution in [0.4, 0.5) is 5.69 Å². The van der Waals surface area contributed by atoms with Crippen LogP contribution in [0.2, 0.25) is 0 Å². The molecule has 0 aliphatic carbocycles.